The van der Waals surface area contributed by atoms with Crippen molar-refractivity contribution in [3.05, 3.63) is 21.7 Å². The fourth-order valence-corrected chi connectivity index (χ4v) is 3.20. The quantitative estimate of drug-likeness (QED) is 0.849. The van der Waals surface area contributed by atoms with E-state index in [1.165, 1.54) is 0 Å². The van der Waals surface area contributed by atoms with Crippen molar-refractivity contribution in [2.75, 3.05) is 19.9 Å². The SMILES string of the molecule is O=Cc1cc(Br)c(C2CCNC2)c2c1OCO2. The molecule has 1 aromatic carbocycles. The molecule has 1 N–H and O–H groups in total. The van der Waals surface area contributed by atoms with Gasteiger partial charge < -0.3 is 14.8 Å². The van der Waals surface area contributed by atoms with Gasteiger partial charge in [0.05, 0.1) is 5.56 Å². The lowest BCUT2D eigenvalue weighted by atomic mass is 9.95. The molecular weight excluding hydrogens is 286 g/mol. The third kappa shape index (κ3) is 1.73. The van der Waals surface area contributed by atoms with Gasteiger partial charge in [-0.05, 0) is 19.0 Å². The molecule has 0 saturated carbocycles. The molecule has 5 heteroatoms. The van der Waals surface area contributed by atoms with E-state index < -0.39 is 0 Å². The van der Waals surface area contributed by atoms with Crippen LogP contribution in [0, 0.1) is 0 Å². The average molecular weight is 298 g/mol. The first-order valence-corrected chi connectivity index (χ1v) is 6.38. The summed E-state index contributed by atoms with van der Waals surface area (Å²) in [5, 5.41) is 3.33. The zero-order valence-electron chi connectivity index (χ0n) is 9.16. The number of hydrogen-bond acceptors (Lipinski definition) is 4. The molecule has 0 amide bonds. The number of ether oxygens (including phenoxy) is 2. The number of benzene rings is 1. The molecule has 0 spiro atoms. The number of fused-ring (bicyclic) bond motifs is 1. The molecule has 3 rings (SSSR count). The highest BCUT2D eigenvalue weighted by molar-refractivity contribution is 9.10. The van der Waals surface area contributed by atoms with Crippen LogP contribution in [0.15, 0.2) is 10.5 Å². The zero-order chi connectivity index (χ0) is 11.8. The van der Waals surface area contributed by atoms with E-state index in [1.54, 1.807) is 0 Å². The summed E-state index contributed by atoms with van der Waals surface area (Å²) >= 11 is 3.53. The molecule has 0 bridgehead atoms. The molecule has 0 aliphatic carbocycles. The van der Waals surface area contributed by atoms with Gasteiger partial charge in [-0.3, -0.25) is 4.79 Å². The summed E-state index contributed by atoms with van der Waals surface area (Å²) in [5.41, 5.74) is 1.66. The molecule has 1 atom stereocenters. The van der Waals surface area contributed by atoms with E-state index in [0.29, 0.717) is 17.2 Å². The van der Waals surface area contributed by atoms with Crippen LogP contribution in [0.2, 0.25) is 0 Å². The summed E-state index contributed by atoms with van der Waals surface area (Å²) in [6.45, 7) is 2.15. The number of halogens is 1. The Kier molecular flexibility index (Phi) is 2.80. The minimum absolute atomic E-state index is 0.194. The summed E-state index contributed by atoms with van der Waals surface area (Å²) in [6, 6.07) is 1.81. The lowest BCUT2D eigenvalue weighted by Gasteiger charge is -2.15. The first-order valence-electron chi connectivity index (χ1n) is 5.59. The van der Waals surface area contributed by atoms with Gasteiger partial charge in [0.25, 0.3) is 0 Å². The van der Waals surface area contributed by atoms with Crippen LogP contribution >= 0.6 is 15.9 Å². The summed E-state index contributed by atoms with van der Waals surface area (Å²) in [4.78, 5) is 11.0. The molecule has 0 radical (unpaired) electrons. The normalized spacial score (nSPS) is 21.8. The van der Waals surface area contributed by atoms with Crippen LogP contribution in [0.4, 0.5) is 0 Å². The number of aldehydes is 1. The Morgan fingerprint density at radius 2 is 2.24 bits per heavy atom. The molecule has 90 valence electrons. The van der Waals surface area contributed by atoms with Crippen LogP contribution in [0.3, 0.4) is 0 Å². The van der Waals surface area contributed by atoms with Crippen LogP contribution in [0.1, 0.15) is 28.3 Å². The van der Waals surface area contributed by atoms with E-state index in [2.05, 4.69) is 21.2 Å². The zero-order valence-corrected chi connectivity index (χ0v) is 10.7. The van der Waals surface area contributed by atoms with Gasteiger partial charge in [-0.25, -0.2) is 0 Å². The molecular formula is C12H12BrNO3. The predicted molar refractivity (Wildman–Crippen MR) is 65.9 cm³/mol. The molecule has 1 unspecified atom stereocenters. The van der Waals surface area contributed by atoms with Gasteiger partial charge in [0, 0.05) is 22.5 Å². The van der Waals surface area contributed by atoms with Crippen molar-refractivity contribution in [2.24, 2.45) is 0 Å². The highest BCUT2D eigenvalue weighted by atomic mass is 79.9. The second-order valence-corrected chi connectivity index (χ2v) is 5.09. The fourth-order valence-electron chi connectivity index (χ4n) is 2.45. The van der Waals surface area contributed by atoms with E-state index in [4.69, 9.17) is 9.47 Å². The summed E-state index contributed by atoms with van der Waals surface area (Å²) < 4.78 is 11.8. The van der Waals surface area contributed by atoms with Gasteiger partial charge in [-0.2, -0.15) is 0 Å². The maximum atomic E-state index is 11.0. The maximum Gasteiger partial charge on any atom is 0.231 e. The number of carbonyl (C=O) groups excluding carboxylic acids is 1. The van der Waals surface area contributed by atoms with Gasteiger partial charge in [-0.15, -0.1) is 0 Å². The fraction of sp³-hybridized carbons (Fsp3) is 0.417. The van der Waals surface area contributed by atoms with Crippen LogP contribution < -0.4 is 14.8 Å². The minimum atomic E-state index is 0.194. The number of carbonyl (C=O) groups is 1. The molecule has 2 aliphatic rings. The van der Waals surface area contributed by atoms with E-state index in [-0.39, 0.29) is 6.79 Å². The third-order valence-electron chi connectivity index (χ3n) is 3.25. The Balaban J connectivity index is 2.14. The van der Waals surface area contributed by atoms with Crippen LogP contribution in [-0.2, 0) is 0 Å². The highest BCUT2D eigenvalue weighted by Crippen LogP contribution is 2.46. The van der Waals surface area contributed by atoms with Gasteiger partial charge in [-0.1, -0.05) is 15.9 Å². The molecule has 2 aliphatic heterocycles. The second-order valence-electron chi connectivity index (χ2n) is 4.23. The van der Waals surface area contributed by atoms with Crippen molar-refractivity contribution in [1.82, 2.24) is 5.32 Å². The molecule has 17 heavy (non-hydrogen) atoms. The van der Waals surface area contributed by atoms with Gasteiger partial charge >= 0.3 is 0 Å². The van der Waals surface area contributed by atoms with Crippen molar-refractivity contribution in [2.45, 2.75) is 12.3 Å². The Bertz CT molecular complexity index is 469. The lowest BCUT2D eigenvalue weighted by Crippen LogP contribution is -2.09. The Morgan fingerprint density at radius 1 is 1.41 bits per heavy atom. The summed E-state index contributed by atoms with van der Waals surface area (Å²) in [6.07, 6.45) is 1.88. The predicted octanol–water partition coefficient (Wildman–Crippen LogP) is 2.07. The maximum absolute atomic E-state index is 11.0. The molecule has 1 fully saturated rings. The smallest absolute Gasteiger partial charge is 0.231 e. The molecule has 4 nitrogen and oxygen atoms in total. The van der Waals surface area contributed by atoms with Crippen LogP contribution in [0.5, 0.6) is 11.5 Å². The van der Waals surface area contributed by atoms with Crippen molar-refractivity contribution in [3.63, 3.8) is 0 Å². The van der Waals surface area contributed by atoms with Gasteiger partial charge in [0.2, 0.25) is 6.79 Å². The number of hydrogen-bond donors (Lipinski definition) is 1. The topological polar surface area (TPSA) is 47.6 Å². The molecule has 2 heterocycles. The summed E-state index contributed by atoms with van der Waals surface area (Å²) in [7, 11) is 0. The van der Waals surface area contributed by atoms with Crippen molar-refractivity contribution in [1.29, 1.82) is 0 Å². The Hall–Kier alpha value is -1.07. The van der Waals surface area contributed by atoms with Crippen molar-refractivity contribution < 1.29 is 14.3 Å². The number of rotatable bonds is 2. The lowest BCUT2D eigenvalue weighted by molar-refractivity contribution is 0.111. The monoisotopic (exact) mass is 297 g/mol. The summed E-state index contributed by atoms with van der Waals surface area (Å²) in [5.74, 6) is 1.74. The van der Waals surface area contributed by atoms with E-state index in [0.717, 1.165) is 41.6 Å². The largest absolute Gasteiger partial charge is 0.453 e. The Labute approximate surface area is 107 Å². The van der Waals surface area contributed by atoms with Crippen LogP contribution in [0.25, 0.3) is 0 Å². The van der Waals surface area contributed by atoms with E-state index >= 15 is 0 Å². The molecule has 1 aromatic rings. The Morgan fingerprint density at radius 3 is 2.94 bits per heavy atom. The second kappa shape index (κ2) is 4.31. The average Bonchev–Trinajstić information content (AvgIpc) is 2.97. The third-order valence-corrected chi connectivity index (χ3v) is 3.91. The van der Waals surface area contributed by atoms with Crippen molar-refractivity contribution >= 4 is 22.2 Å². The van der Waals surface area contributed by atoms with Gasteiger partial charge in [0.15, 0.2) is 17.8 Å². The van der Waals surface area contributed by atoms with E-state index in [1.807, 2.05) is 6.07 Å². The number of nitrogens with one attached hydrogen (secondary N) is 1. The molecule has 0 aromatic heterocycles. The molecule has 1 saturated heterocycles. The van der Waals surface area contributed by atoms with Crippen LogP contribution in [-0.4, -0.2) is 26.2 Å². The van der Waals surface area contributed by atoms with Crippen molar-refractivity contribution in [3.8, 4) is 11.5 Å². The standard InChI is InChI=1S/C12H12BrNO3/c13-9-3-8(5-15)11-12(17-6-16-11)10(9)7-1-2-14-4-7/h3,5,7,14H,1-2,4,6H2. The highest BCUT2D eigenvalue weighted by Gasteiger charge is 2.30. The first-order chi connectivity index (χ1) is 8.31. The van der Waals surface area contributed by atoms with E-state index in [9.17, 15) is 4.79 Å². The first kappa shape index (κ1) is 11.0. The minimum Gasteiger partial charge on any atom is -0.453 e. The van der Waals surface area contributed by atoms with Gasteiger partial charge in [0.1, 0.15) is 0 Å².